The molecule has 3 rings (SSSR count). The fourth-order valence-corrected chi connectivity index (χ4v) is 5.58. The fraction of sp³-hybridized carbons (Fsp3) is 0.545. The van der Waals surface area contributed by atoms with Gasteiger partial charge in [-0.2, -0.15) is 0 Å². The van der Waals surface area contributed by atoms with E-state index < -0.39 is 0 Å². The molecule has 1 heterocycles. The highest BCUT2D eigenvalue weighted by atomic mass is 79.9. The molecule has 0 unspecified atom stereocenters. The number of hydrogen-bond donors (Lipinski definition) is 2. The number of ether oxygens (including phenoxy) is 2. The van der Waals surface area contributed by atoms with Crippen molar-refractivity contribution in [2.75, 3.05) is 30.2 Å². The summed E-state index contributed by atoms with van der Waals surface area (Å²) < 4.78 is 11.5. The Morgan fingerprint density at radius 3 is 2.00 bits per heavy atom. The molecule has 0 atom stereocenters. The van der Waals surface area contributed by atoms with Gasteiger partial charge in [0.05, 0.1) is 19.6 Å². The van der Waals surface area contributed by atoms with E-state index in [1.54, 1.807) is 13.2 Å². The van der Waals surface area contributed by atoms with Gasteiger partial charge < -0.3 is 25.0 Å². The van der Waals surface area contributed by atoms with Crippen LogP contribution in [0.5, 0.6) is 11.5 Å². The molecule has 0 bridgehead atoms. The highest BCUT2D eigenvalue weighted by Crippen LogP contribution is 2.31. The van der Waals surface area contributed by atoms with Crippen molar-refractivity contribution in [1.29, 1.82) is 0 Å². The van der Waals surface area contributed by atoms with Crippen molar-refractivity contribution in [3.63, 3.8) is 0 Å². The lowest BCUT2D eigenvalue weighted by atomic mass is 10.1. The van der Waals surface area contributed by atoms with E-state index in [4.69, 9.17) is 9.47 Å². The van der Waals surface area contributed by atoms with E-state index in [2.05, 4.69) is 35.6 Å². The predicted octanol–water partition coefficient (Wildman–Crippen LogP) is 10.4. The van der Waals surface area contributed by atoms with Crippen LogP contribution in [0.25, 0.3) is 0 Å². The van der Waals surface area contributed by atoms with Gasteiger partial charge in [-0.3, -0.25) is 0 Å². The molecule has 2 amide bonds. The van der Waals surface area contributed by atoms with E-state index in [1.165, 1.54) is 81.1 Å². The van der Waals surface area contributed by atoms with Gasteiger partial charge in [0, 0.05) is 30.2 Å². The number of methoxy groups -OCH3 is 1. The number of halogens is 1. The number of rotatable bonds is 19. The summed E-state index contributed by atoms with van der Waals surface area (Å²) in [7, 11) is 1.62. The van der Waals surface area contributed by atoms with Crippen LogP contribution in [0.15, 0.2) is 53.6 Å². The average Bonchev–Trinajstić information content (AvgIpc) is 3.37. The van der Waals surface area contributed by atoms with Gasteiger partial charge in [0.1, 0.15) is 0 Å². The van der Waals surface area contributed by atoms with Gasteiger partial charge in [-0.1, -0.05) is 89.7 Å². The van der Waals surface area contributed by atoms with E-state index in [0.29, 0.717) is 23.8 Å². The molecular weight excluding hydrogens is 598 g/mol. The molecule has 8 heteroatoms. The van der Waals surface area contributed by atoms with E-state index in [-0.39, 0.29) is 23.0 Å². The Hall–Kier alpha value is -2.32. The normalized spacial score (nSPS) is 12.5. The van der Waals surface area contributed by atoms with Crippen molar-refractivity contribution in [3.05, 3.63) is 59.1 Å². The Balaban J connectivity index is 0.00000588. The summed E-state index contributed by atoms with van der Waals surface area (Å²) in [4.78, 5) is 16.2. The van der Waals surface area contributed by atoms with Crippen molar-refractivity contribution >= 4 is 46.1 Å². The number of anilines is 2. The third-order valence-corrected chi connectivity index (χ3v) is 8.12. The molecule has 41 heavy (non-hydrogen) atoms. The minimum atomic E-state index is -0.297. The number of unbranched alkanes of at least 4 members (excludes halogenated alkanes) is 11. The Kier molecular flexibility index (Phi) is 17.5. The van der Waals surface area contributed by atoms with Gasteiger partial charge in [0.15, 0.2) is 11.5 Å². The summed E-state index contributed by atoms with van der Waals surface area (Å²) in [5.74, 6) is 2.31. The molecule has 1 aliphatic heterocycles. The van der Waals surface area contributed by atoms with Crippen molar-refractivity contribution in [2.24, 2.45) is 0 Å². The molecule has 0 radical (unpaired) electrons. The molecule has 0 saturated heterocycles. The number of thioether (sulfide) groups is 1. The predicted molar refractivity (Wildman–Crippen MR) is 181 cm³/mol. The lowest BCUT2D eigenvalue weighted by molar-refractivity contribution is 0.262. The number of hydrogen-bond acceptors (Lipinski definition) is 5. The molecule has 2 aromatic rings. The Bertz CT molecular complexity index is 1050. The maximum atomic E-state index is 12.6. The number of carbonyl (C=O) groups is 1. The third kappa shape index (κ3) is 13.9. The highest BCUT2D eigenvalue weighted by Gasteiger charge is 2.11. The molecule has 6 nitrogen and oxygen atoms in total. The standard InChI is InChI=1S/C33H49N3O3S.BrH/c1-4-5-6-7-8-9-10-11-12-13-14-15-22-39-31-21-20-30(23-32(31)38-3)35-33(37)34-29-18-16-28(17-19-29)25-36-24-27(2)40-26-36;/h16-21,23-24H,4-15,22,25-26H2,1-3H3,(H2,34,35,37);1H. The highest BCUT2D eigenvalue weighted by molar-refractivity contribution is 8.93. The molecule has 0 fully saturated rings. The lowest BCUT2D eigenvalue weighted by Gasteiger charge is -2.15. The fourth-order valence-electron chi connectivity index (χ4n) is 4.82. The number of carbonyl (C=O) groups excluding carboxylic acids is 1. The quantitative estimate of drug-likeness (QED) is 0.149. The monoisotopic (exact) mass is 647 g/mol. The second kappa shape index (κ2) is 20.5. The van der Waals surface area contributed by atoms with Crippen LogP contribution in [0.3, 0.4) is 0 Å². The molecule has 0 aromatic heterocycles. The van der Waals surface area contributed by atoms with Gasteiger partial charge >= 0.3 is 6.03 Å². The van der Waals surface area contributed by atoms with Crippen LogP contribution in [0.2, 0.25) is 0 Å². The van der Waals surface area contributed by atoms with Crippen LogP contribution in [0, 0.1) is 0 Å². The van der Waals surface area contributed by atoms with E-state index in [9.17, 15) is 4.79 Å². The van der Waals surface area contributed by atoms with Crippen LogP contribution in [0.4, 0.5) is 16.2 Å². The van der Waals surface area contributed by atoms with Crippen LogP contribution >= 0.6 is 28.7 Å². The number of nitrogens with zero attached hydrogens (tertiary/aromatic N) is 1. The topological polar surface area (TPSA) is 62.8 Å². The molecule has 0 spiro atoms. The van der Waals surface area contributed by atoms with Crippen LogP contribution < -0.4 is 20.1 Å². The van der Waals surface area contributed by atoms with E-state index in [1.807, 2.05) is 48.2 Å². The SMILES string of the molecule is Br.CCCCCCCCCCCCCCOc1ccc(NC(=O)Nc2ccc(CN3C=C(C)SC3)cc2)cc1OC. The van der Waals surface area contributed by atoms with Gasteiger partial charge in [-0.05, 0) is 48.1 Å². The first-order chi connectivity index (χ1) is 19.6. The average molecular weight is 649 g/mol. The number of amides is 2. The second-order valence-corrected chi connectivity index (χ2v) is 11.8. The van der Waals surface area contributed by atoms with Crippen LogP contribution in [-0.4, -0.2) is 30.5 Å². The second-order valence-electron chi connectivity index (χ2n) is 10.6. The number of benzene rings is 2. The minimum absolute atomic E-state index is 0. The molecule has 2 aromatic carbocycles. The Morgan fingerprint density at radius 1 is 0.829 bits per heavy atom. The Labute approximate surface area is 262 Å². The third-order valence-electron chi connectivity index (χ3n) is 7.10. The minimum Gasteiger partial charge on any atom is -0.493 e. The smallest absolute Gasteiger partial charge is 0.323 e. The number of allylic oxidation sites excluding steroid dienone is 1. The molecule has 2 N–H and O–H groups in total. The van der Waals surface area contributed by atoms with Gasteiger partial charge in [0.2, 0.25) is 0 Å². The summed E-state index contributed by atoms with van der Waals surface area (Å²) >= 11 is 1.86. The number of urea groups is 1. The zero-order valence-corrected chi connectivity index (χ0v) is 27.7. The van der Waals surface area contributed by atoms with Gasteiger partial charge in [-0.15, -0.1) is 28.7 Å². The lowest BCUT2D eigenvalue weighted by Crippen LogP contribution is -2.19. The van der Waals surface area contributed by atoms with Crippen LogP contribution in [-0.2, 0) is 6.54 Å². The summed E-state index contributed by atoms with van der Waals surface area (Å²) in [5.41, 5.74) is 2.61. The first kappa shape index (κ1) is 34.9. The molecule has 1 aliphatic rings. The van der Waals surface area contributed by atoms with Gasteiger partial charge in [-0.25, -0.2) is 4.79 Å². The van der Waals surface area contributed by atoms with Crippen molar-refractivity contribution in [2.45, 2.75) is 97.4 Å². The zero-order chi connectivity index (χ0) is 28.4. The zero-order valence-electron chi connectivity index (χ0n) is 25.2. The van der Waals surface area contributed by atoms with E-state index >= 15 is 0 Å². The van der Waals surface area contributed by atoms with E-state index in [0.717, 1.165) is 24.5 Å². The van der Waals surface area contributed by atoms with Gasteiger partial charge in [0.25, 0.3) is 0 Å². The van der Waals surface area contributed by atoms with Crippen molar-refractivity contribution in [1.82, 2.24) is 4.90 Å². The van der Waals surface area contributed by atoms with Crippen LogP contribution in [0.1, 0.15) is 96.5 Å². The van der Waals surface area contributed by atoms with Crippen molar-refractivity contribution in [3.8, 4) is 11.5 Å². The summed E-state index contributed by atoms with van der Waals surface area (Å²) in [6.07, 6.45) is 18.0. The summed E-state index contributed by atoms with van der Waals surface area (Å²) in [5, 5.41) is 5.78. The maximum Gasteiger partial charge on any atom is 0.323 e. The summed E-state index contributed by atoms with van der Waals surface area (Å²) in [6, 6.07) is 13.2. The molecule has 0 saturated carbocycles. The molecular formula is C33H50BrN3O3S. The molecule has 0 aliphatic carbocycles. The maximum absolute atomic E-state index is 12.6. The number of nitrogens with one attached hydrogen (secondary N) is 2. The summed E-state index contributed by atoms with van der Waals surface area (Å²) in [6.45, 7) is 5.94. The Morgan fingerprint density at radius 2 is 1.41 bits per heavy atom. The first-order valence-electron chi connectivity index (χ1n) is 15.1. The molecule has 228 valence electrons. The van der Waals surface area contributed by atoms with Crippen molar-refractivity contribution < 1.29 is 14.3 Å². The largest absolute Gasteiger partial charge is 0.493 e. The first-order valence-corrected chi connectivity index (χ1v) is 16.1.